The van der Waals surface area contributed by atoms with Crippen LogP contribution in [0.2, 0.25) is 0 Å². The lowest BCUT2D eigenvalue weighted by molar-refractivity contribution is 0.112. The van der Waals surface area contributed by atoms with Gasteiger partial charge in [0.05, 0.1) is 13.7 Å². The van der Waals surface area contributed by atoms with Crippen LogP contribution in [0.4, 0.5) is 0 Å². The maximum absolute atomic E-state index is 11.7. The van der Waals surface area contributed by atoms with Gasteiger partial charge in [0, 0.05) is 23.1 Å². The van der Waals surface area contributed by atoms with Gasteiger partial charge in [0.25, 0.3) is 0 Å². The van der Waals surface area contributed by atoms with E-state index >= 15 is 0 Å². The number of carbonyl (C=O) groups excluding carboxylic acids is 1. The summed E-state index contributed by atoms with van der Waals surface area (Å²) in [4.78, 5) is 23.0. The molecule has 0 aliphatic carbocycles. The molecular weight excluding hydrogens is 360 g/mol. The highest BCUT2D eigenvalue weighted by Gasteiger charge is 2.16. The molecule has 3 aromatic rings. The summed E-state index contributed by atoms with van der Waals surface area (Å²) in [7, 11) is 1.51. The van der Waals surface area contributed by atoms with E-state index in [4.69, 9.17) is 18.6 Å². The van der Waals surface area contributed by atoms with Gasteiger partial charge in [-0.1, -0.05) is 13.3 Å². The summed E-state index contributed by atoms with van der Waals surface area (Å²) in [6, 6.07) is 9.87. The zero-order valence-corrected chi connectivity index (χ0v) is 16.1. The van der Waals surface area contributed by atoms with Gasteiger partial charge in [0.2, 0.25) is 5.75 Å². The van der Waals surface area contributed by atoms with Crippen molar-refractivity contribution in [2.24, 2.45) is 0 Å². The van der Waals surface area contributed by atoms with E-state index in [-0.39, 0.29) is 0 Å². The summed E-state index contributed by atoms with van der Waals surface area (Å²) in [5.74, 6) is 1.64. The Hall–Kier alpha value is -3.28. The second-order valence-corrected chi connectivity index (χ2v) is 6.38. The minimum atomic E-state index is -0.421. The lowest BCUT2D eigenvalue weighted by Crippen LogP contribution is -2.02. The van der Waals surface area contributed by atoms with Crippen molar-refractivity contribution >= 4 is 17.3 Å². The molecule has 2 aromatic carbocycles. The Kier molecular flexibility index (Phi) is 5.99. The second kappa shape index (κ2) is 8.61. The van der Waals surface area contributed by atoms with Crippen molar-refractivity contribution in [3.05, 3.63) is 57.9 Å². The highest BCUT2D eigenvalue weighted by Crippen LogP contribution is 2.41. The van der Waals surface area contributed by atoms with E-state index in [0.717, 1.165) is 23.8 Å². The Morgan fingerprint density at radius 3 is 2.61 bits per heavy atom. The molecule has 0 unspecified atom stereocenters. The van der Waals surface area contributed by atoms with Crippen molar-refractivity contribution < 1.29 is 23.4 Å². The van der Waals surface area contributed by atoms with E-state index in [9.17, 15) is 9.59 Å². The third kappa shape index (κ3) is 4.17. The van der Waals surface area contributed by atoms with Gasteiger partial charge < -0.3 is 18.6 Å². The molecule has 0 amide bonds. The van der Waals surface area contributed by atoms with Crippen LogP contribution in [-0.4, -0.2) is 20.0 Å². The van der Waals surface area contributed by atoms with E-state index in [1.54, 1.807) is 24.3 Å². The standard InChI is InChI=1S/C22H22O6/c1-4-5-8-26-22-19(25-3)10-15(13-23)11-20(22)27-16-6-7-17-14(2)9-21(24)28-18(17)12-16/h6-7,9-13H,4-5,8H2,1-3H3. The first-order valence-electron chi connectivity index (χ1n) is 9.08. The van der Waals surface area contributed by atoms with Crippen LogP contribution in [-0.2, 0) is 0 Å². The number of aryl methyl sites for hydroxylation is 1. The lowest BCUT2D eigenvalue weighted by atomic mass is 10.1. The van der Waals surface area contributed by atoms with Crippen molar-refractivity contribution in [1.82, 2.24) is 0 Å². The summed E-state index contributed by atoms with van der Waals surface area (Å²) in [5.41, 5.74) is 1.23. The number of methoxy groups -OCH3 is 1. The molecule has 0 saturated heterocycles. The number of fused-ring (bicyclic) bond motifs is 1. The topological polar surface area (TPSA) is 75.0 Å². The molecule has 28 heavy (non-hydrogen) atoms. The van der Waals surface area contributed by atoms with Crippen LogP contribution in [0, 0.1) is 6.92 Å². The van der Waals surface area contributed by atoms with Gasteiger partial charge in [-0.05, 0) is 43.2 Å². The monoisotopic (exact) mass is 382 g/mol. The molecule has 146 valence electrons. The Labute approximate surface area is 162 Å². The van der Waals surface area contributed by atoms with Gasteiger partial charge in [-0.25, -0.2) is 4.79 Å². The number of rotatable bonds is 8. The number of aldehydes is 1. The van der Waals surface area contributed by atoms with Gasteiger partial charge in [0.15, 0.2) is 11.5 Å². The molecule has 0 atom stereocenters. The Bertz CT molecular complexity index is 1050. The first-order chi connectivity index (χ1) is 13.5. The van der Waals surface area contributed by atoms with Crippen molar-refractivity contribution in [3.63, 3.8) is 0 Å². The Balaban J connectivity index is 2.03. The highest BCUT2D eigenvalue weighted by atomic mass is 16.5. The summed E-state index contributed by atoms with van der Waals surface area (Å²) in [5, 5.41) is 0.825. The molecule has 6 nitrogen and oxygen atoms in total. The van der Waals surface area contributed by atoms with Crippen molar-refractivity contribution in [2.75, 3.05) is 13.7 Å². The summed E-state index contributed by atoms with van der Waals surface area (Å²) in [6.07, 6.45) is 2.57. The highest BCUT2D eigenvalue weighted by molar-refractivity contribution is 5.82. The molecule has 3 rings (SSSR count). The molecule has 0 radical (unpaired) electrons. The molecule has 0 saturated carbocycles. The van der Waals surface area contributed by atoms with Crippen LogP contribution in [0.3, 0.4) is 0 Å². The summed E-state index contributed by atoms with van der Waals surface area (Å²) in [6.45, 7) is 4.41. The van der Waals surface area contributed by atoms with Crippen LogP contribution >= 0.6 is 0 Å². The molecule has 6 heteroatoms. The minimum Gasteiger partial charge on any atom is -0.493 e. The quantitative estimate of drug-likeness (QED) is 0.314. The average Bonchev–Trinajstić information content (AvgIpc) is 2.68. The zero-order chi connectivity index (χ0) is 20.1. The summed E-state index contributed by atoms with van der Waals surface area (Å²) < 4.78 is 22.5. The number of hydrogen-bond acceptors (Lipinski definition) is 6. The molecule has 0 bridgehead atoms. The maximum atomic E-state index is 11.7. The van der Waals surface area contributed by atoms with Crippen LogP contribution in [0.1, 0.15) is 35.7 Å². The molecule has 1 aromatic heterocycles. The van der Waals surface area contributed by atoms with E-state index in [0.29, 0.717) is 47.0 Å². The number of unbranched alkanes of at least 4 members (excludes halogenated alkanes) is 1. The predicted molar refractivity (Wildman–Crippen MR) is 106 cm³/mol. The zero-order valence-electron chi connectivity index (χ0n) is 16.1. The lowest BCUT2D eigenvalue weighted by Gasteiger charge is -2.16. The first kappa shape index (κ1) is 19.5. The van der Waals surface area contributed by atoms with Crippen LogP contribution in [0.5, 0.6) is 23.0 Å². The molecule has 0 aliphatic heterocycles. The fourth-order valence-electron chi connectivity index (χ4n) is 2.85. The second-order valence-electron chi connectivity index (χ2n) is 6.38. The smallest absolute Gasteiger partial charge is 0.336 e. The summed E-state index contributed by atoms with van der Waals surface area (Å²) >= 11 is 0. The van der Waals surface area contributed by atoms with Crippen LogP contribution < -0.4 is 19.8 Å². The SMILES string of the molecule is CCCCOc1c(OC)cc(C=O)cc1Oc1ccc2c(C)cc(=O)oc2c1. The molecule has 0 N–H and O–H groups in total. The Morgan fingerprint density at radius 1 is 1.11 bits per heavy atom. The number of benzene rings is 2. The average molecular weight is 382 g/mol. The van der Waals surface area contributed by atoms with E-state index in [1.165, 1.54) is 13.2 Å². The Morgan fingerprint density at radius 2 is 1.89 bits per heavy atom. The van der Waals surface area contributed by atoms with Gasteiger partial charge in [-0.2, -0.15) is 0 Å². The largest absolute Gasteiger partial charge is 0.493 e. The molecular formula is C22H22O6. The van der Waals surface area contributed by atoms with Crippen molar-refractivity contribution in [3.8, 4) is 23.0 Å². The van der Waals surface area contributed by atoms with Crippen molar-refractivity contribution in [2.45, 2.75) is 26.7 Å². The van der Waals surface area contributed by atoms with Gasteiger partial charge >= 0.3 is 5.63 Å². The van der Waals surface area contributed by atoms with Crippen LogP contribution in [0.15, 0.2) is 45.6 Å². The van der Waals surface area contributed by atoms with E-state index < -0.39 is 5.63 Å². The van der Waals surface area contributed by atoms with Gasteiger partial charge in [-0.3, -0.25) is 4.79 Å². The third-order valence-corrected chi connectivity index (χ3v) is 4.29. The van der Waals surface area contributed by atoms with E-state index in [2.05, 4.69) is 6.92 Å². The predicted octanol–water partition coefficient (Wildman–Crippen LogP) is 4.89. The van der Waals surface area contributed by atoms with Gasteiger partial charge in [0.1, 0.15) is 17.6 Å². The molecule has 1 heterocycles. The fourth-order valence-corrected chi connectivity index (χ4v) is 2.85. The van der Waals surface area contributed by atoms with Crippen LogP contribution in [0.25, 0.3) is 11.0 Å². The minimum absolute atomic E-state index is 0.354. The fraction of sp³-hybridized carbons (Fsp3) is 0.273. The molecule has 0 spiro atoms. The first-order valence-corrected chi connectivity index (χ1v) is 9.08. The maximum Gasteiger partial charge on any atom is 0.336 e. The van der Waals surface area contributed by atoms with Gasteiger partial charge in [-0.15, -0.1) is 0 Å². The normalized spacial score (nSPS) is 10.7. The third-order valence-electron chi connectivity index (χ3n) is 4.29. The van der Waals surface area contributed by atoms with Crippen molar-refractivity contribution in [1.29, 1.82) is 0 Å². The number of carbonyl (C=O) groups is 1. The number of hydrogen-bond donors (Lipinski definition) is 0. The number of ether oxygens (including phenoxy) is 3. The molecule has 0 aliphatic rings. The molecule has 0 fully saturated rings. The van der Waals surface area contributed by atoms with E-state index in [1.807, 2.05) is 13.0 Å².